The van der Waals surface area contributed by atoms with E-state index in [2.05, 4.69) is 17.6 Å². The molecule has 1 heterocycles. The second kappa shape index (κ2) is 5.37. The van der Waals surface area contributed by atoms with Crippen molar-refractivity contribution in [3.05, 3.63) is 33.8 Å². The first-order valence-corrected chi connectivity index (χ1v) is 6.33. The fraction of sp³-hybridized carbons (Fsp3) is 0.500. The summed E-state index contributed by atoms with van der Waals surface area (Å²) >= 11 is 11.8. The second-order valence-corrected chi connectivity index (χ2v) is 5.08. The van der Waals surface area contributed by atoms with Crippen LogP contribution in [0.25, 0.3) is 0 Å². The topological polar surface area (TPSA) is 24.1 Å². The molecule has 0 aliphatic carbocycles. The number of hydrogen-bond donors (Lipinski definition) is 2. The highest BCUT2D eigenvalue weighted by Gasteiger charge is 2.21. The summed E-state index contributed by atoms with van der Waals surface area (Å²) in [6.07, 6.45) is 1.18. The zero-order valence-electron chi connectivity index (χ0n) is 9.26. The van der Waals surface area contributed by atoms with Crippen LogP contribution in [0, 0.1) is 0 Å². The largest absolute Gasteiger partial charge is 0.313 e. The average molecular weight is 259 g/mol. The molecule has 0 aromatic heterocycles. The van der Waals surface area contributed by atoms with E-state index in [-0.39, 0.29) is 0 Å². The predicted octanol–water partition coefficient (Wildman–Crippen LogP) is 2.83. The number of nitrogens with one attached hydrogen (secondary N) is 2. The quantitative estimate of drug-likeness (QED) is 0.872. The fourth-order valence-corrected chi connectivity index (χ4v) is 2.36. The van der Waals surface area contributed by atoms with Crippen molar-refractivity contribution in [1.29, 1.82) is 0 Å². The summed E-state index contributed by atoms with van der Waals surface area (Å²) in [5, 5.41) is 8.18. The Morgan fingerprint density at radius 3 is 2.81 bits per heavy atom. The van der Waals surface area contributed by atoms with E-state index in [1.807, 2.05) is 18.2 Å². The molecule has 1 saturated heterocycles. The van der Waals surface area contributed by atoms with Gasteiger partial charge in [-0.15, -0.1) is 0 Å². The summed E-state index contributed by atoms with van der Waals surface area (Å²) in [5.74, 6) is 0. The summed E-state index contributed by atoms with van der Waals surface area (Å²) < 4.78 is 0. The first-order valence-electron chi connectivity index (χ1n) is 5.57. The fourth-order valence-electron chi connectivity index (χ4n) is 2.04. The van der Waals surface area contributed by atoms with Gasteiger partial charge in [-0.3, -0.25) is 0 Å². The lowest BCUT2D eigenvalue weighted by Gasteiger charge is -2.17. The minimum Gasteiger partial charge on any atom is -0.313 e. The molecule has 2 unspecified atom stereocenters. The molecule has 2 nitrogen and oxygen atoms in total. The van der Waals surface area contributed by atoms with Crippen LogP contribution in [-0.2, 0) is 6.54 Å². The van der Waals surface area contributed by atoms with Crippen molar-refractivity contribution in [2.24, 2.45) is 0 Å². The van der Waals surface area contributed by atoms with E-state index in [0.717, 1.165) is 13.1 Å². The smallest absolute Gasteiger partial charge is 0.0595 e. The molecule has 2 N–H and O–H groups in total. The number of hydrogen-bond acceptors (Lipinski definition) is 2. The van der Waals surface area contributed by atoms with Crippen LogP contribution in [0.2, 0.25) is 10.0 Å². The van der Waals surface area contributed by atoms with Gasteiger partial charge in [0.2, 0.25) is 0 Å². The molecule has 1 fully saturated rings. The SMILES string of the molecule is CC1NCCC1NCc1ccc(Cl)c(Cl)c1. The Kier molecular flexibility index (Phi) is 4.09. The van der Waals surface area contributed by atoms with Crippen molar-refractivity contribution in [2.75, 3.05) is 6.54 Å². The molecule has 1 aliphatic heterocycles. The first-order chi connectivity index (χ1) is 7.66. The summed E-state index contributed by atoms with van der Waals surface area (Å²) in [5.41, 5.74) is 1.17. The molecule has 88 valence electrons. The van der Waals surface area contributed by atoms with E-state index in [1.165, 1.54) is 12.0 Å². The van der Waals surface area contributed by atoms with Gasteiger partial charge < -0.3 is 10.6 Å². The minimum atomic E-state index is 0.544. The van der Waals surface area contributed by atoms with Gasteiger partial charge in [-0.25, -0.2) is 0 Å². The molecular formula is C12H16Cl2N2. The minimum absolute atomic E-state index is 0.544. The molecule has 2 atom stereocenters. The Hall–Kier alpha value is -0.280. The third kappa shape index (κ3) is 2.89. The van der Waals surface area contributed by atoms with Crippen LogP contribution in [0.3, 0.4) is 0 Å². The van der Waals surface area contributed by atoms with Gasteiger partial charge >= 0.3 is 0 Å². The van der Waals surface area contributed by atoms with Gasteiger partial charge in [0.05, 0.1) is 10.0 Å². The summed E-state index contributed by atoms with van der Waals surface area (Å²) in [4.78, 5) is 0. The van der Waals surface area contributed by atoms with E-state index in [9.17, 15) is 0 Å². The summed E-state index contributed by atoms with van der Waals surface area (Å²) in [7, 11) is 0. The van der Waals surface area contributed by atoms with Crippen LogP contribution in [0.4, 0.5) is 0 Å². The molecule has 1 aromatic rings. The van der Waals surface area contributed by atoms with Crippen LogP contribution >= 0.6 is 23.2 Å². The zero-order valence-corrected chi connectivity index (χ0v) is 10.8. The maximum absolute atomic E-state index is 5.97. The van der Waals surface area contributed by atoms with Crippen molar-refractivity contribution < 1.29 is 0 Å². The van der Waals surface area contributed by atoms with E-state index < -0.39 is 0 Å². The maximum atomic E-state index is 5.97. The molecule has 0 radical (unpaired) electrons. The Morgan fingerprint density at radius 2 is 2.19 bits per heavy atom. The molecule has 2 rings (SSSR count). The van der Waals surface area contributed by atoms with Gasteiger partial charge in [0, 0.05) is 18.6 Å². The highest BCUT2D eigenvalue weighted by atomic mass is 35.5. The Bertz CT molecular complexity index is 368. The molecule has 0 bridgehead atoms. The Balaban J connectivity index is 1.91. The molecule has 4 heteroatoms. The molecule has 1 aromatic carbocycles. The van der Waals surface area contributed by atoms with Crippen LogP contribution in [0.1, 0.15) is 18.9 Å². The van der Waals surface area contributed by atoms with Gasteiger partial charge in [0.15, 0.2) is 0 Å². The van der Waals surface area contributed by atoms with E-state index >= 15 is 0 Å². The van der Waals surface area contributed by atoms with Gasteiger partial charge in [0.1, 0.15) is 0 Å². The highest BCUT2D eigenvalue weighted by molar-refractivity contribution is 6.42. The van der Waals surface area contributed by atoms with Gasteiger partial charge in [-0.05, 0) is 37.6 Å². The van der Waals surface area contributed by atoms with E-state index in [0.29, 0.717) is 22.1 Å². The van der Waals surface area contributed by atoms with Gasteiger partial charge in [-0.1, -0.05) is 29.3 Å². The second-order valence-electron chi connectivity index (χ2n) is 4.27. The normalized spacial score (nSPS) is 24.9. The molecule has 16 heavy (non-hydrogen) atoms. The van der Waals surface area contributed by atoms with Crippen molar-refractivity contribution in [2.45, 2.75) is 32.0 Å². The van der Waals surface area contributed by atoms with Crippen LogP contribution in [0.5, 0.6) is 0 Å². The Morgan fingerprint density at radius 1 is 1.38 bits per heavy atom. The monoisotopic (exact) mass is 258 g/mol. The first kappa shape index (κ1) is 12.2. The summed E-state index contributed by atoms with van der Waals surface area (Å²) in [6, 6.07) is 6.87. The third-order valence-corrected chi connectivity index (χ3v) is 3.82. The zero-order chi connectivity index (χ0) is 11.5. The lowest BCUT2D eigenvalue weighted by Crippen LogP contribution is -2.37. The van der Waals surface area contributed by atoms with Crippen molar-refractivity contribution in [1.82, 2.24) is 10.6 Å². The van der Waals surface area contributed by atoms with Crippen molar-refractivity contribution in [3.63, 3.8) is 0 Å². The molecule has 0 saturated carbocycles. The van der Waals surface area contributed by atoms with Gasteiger partial charge in [0.25, 0.3) is 0 Å². The predicted molar refractivity (Wildman–Crippen MR) is 69.2 cm³/mol. The molecule has 0 spiro atoms. The van der Waals surface area contributed by atoms with E-state index in [1.54, 1.807) is 0 Å². The van der Waals surface area contributed by atoms with Crippen LogP contribution in [-0.4, -0.2) is 18.6 Å². The standard InChI is InChI=1S/C12H16Cl2N2/c1-8-12(4-5-15-8)16-7-9-2-3-10(13)11(14)6-9/h2-3,6,8,12,15-16H,4-5,7H2,1H3. The average Bonchev–Trinajstić information content (AvgIpc) is 2.66. The van der Waals surface area contributed by atoms with Crippen LogP contribution < -0.4 is 10.6 Å². The maximum Gasteiger partial charge on any atom is 0.0595 e. The molecular weight excluding hydrogens is 243 g/mol. The van der Waals surface area contributed by atoms with Crippen LogP contribution in [0.15, 0.2) is 18.2 Å². The Labute approximate surface area is 106 Å². The lowest BCUT2D eigenvalue weighted by molar-refractivity contribution is 0.472. The molecule has 0 amide bonds. The third-order valence-electron chi connectivity index (χ3n) is 3.08. The summed E-state index contributed by atoms with van der Waals surface area (Å²) in [6.45, 7) is 4.15. The van der Waals surface area contributed by atoms with Crippen molar-refractivity contribution in [3.8, 4) is 0 Å². The number of benzene rings is 1. The highest BCUT2D eigenvalue weighted by Crippen LogP contribution is 2.22. The van der Waals surface area contributed by atoms with Crippen molar-refractivity contribution >= 4 is 23.2 Å². The van der Waals surface area contributed by atoms with E-state index in [4.69, 9.17) is 23.2 Å². The van der Waals surface area contributed by atoms with Gasteiger partial charge in [-0.2, -0.15) is 0 Å². The molecule has 1 aliphatic rings. The number of halogens is 2. The lowest BCUT2D eigenvalue weighted by atomic mass is 10.1. The number of rotatable bonds is 3.